The Morgan fingerprint density at radius 2 is 1.09 bits per heavy atom. The van der Waals surface area contributed by atoms with Crippen LogP contribution in [0.3, 0.4) is 0 Å². The largest absolute Gasteiger partial charge is 0.494 e. The van der Waals surface area contributed by atoms with E-state index in [0.717, 1.165) is 29.9 Å². The number of nitrogens with one attached hydrogen (secondary N) is 5. The first-order chi connectivity index (χ1) is 37.0. The maximum atomic E-state index is 14.8. The number of hydrogen-bond donors (Lipinski definition) is 5. The number of benzene rings is 4. The lowest BCUT2D eigenvalue weighted by Crippen LogP contribution is -2.61. The third-order valence-electron chi connectivity index (χ3n) is 12.9. The molecule has 18 nitrogen and oxygen atoms in total. The molecule has 0 bridgehead atoms. The molecule has 0 unspecified atom stereocenters. The fraction of sp³-hybridized carbons (Fsp3) is 0.291. The highest BCUT2D eigenvalue weighted by atomic mass is 19.2. The summed E-state index contributed by atoms with van der Waals surface area (Å²) in [6.07, 6.45) is 10.1. The zero-order valence-corrected chi connectivity index (χ0v) is 43.2. The van der Waals surface area contributed by atoms with Crippen molar-refractivity contribution >= 4 is 52.2 Å². The van der Waals surface area contributed by atoms with E-state index in [-0.39, 0.29) is 46.5 Å². The maximum absolute atomic E-state index is 14.8. The van der Waals surface area contributed by atoms with Crippen LogP contribution in [0.4, 0.5) is 45.4 Å². The SMILES string of the molecule is CCc1cc(Nc2nccn3c(-c4ccc(OC)c(F)c4F)cnc23)ccc1C(=O)NC1CN(C(=O)OC(C)(C)C)C1.CCc1cc(Nc2nccn3c(-c4ccc(OC)c(F)c4F)cnc23)ccc1C(=O)NC1CNC1. The quantitative estimate of drug-likeness (QED) is 0.0647. The highest BCUT2D eigenvalue weighted by Crippen LogP contribution is 2.34. The summed E-state index contributed by atoms with van der Waals surface area (Å²) in [6.45, 7) is 11.7. The smallest absolute Gasteiger partial charge is 0.410 e. The second kappa shape index (κ2) is 22.2. The van der Waals surface area contributed by atoms with Crippen molar-refractivity contribution in [1.82, 2.24) is 49.6 Å². The Morgan fingerprint density at radius 3 is 1.49 bits per heavy atom. The minimum absolute atomic E-state index is 0.0299. The van der Waals surface area contributed by atoms with Gasteiger partial charge >= 0.3 is 6.09 Å². The molecule has 2 aliphatic heterocycles. The molecule has 22 heteroatoms. The minimum Gasteiger partial charge on any atom is -0.494 e. The van der Waals surface area contributed by atoms with Gasteiger partial charge in [-0.05, 0) is 105 Å². The van der Waals surface area contributed by atoms with E-state index >= 15 is 0 Å². The van der Waals surface area contributed by atoms with Gasteiger partial charge in [-0.1, -0.05) is 13.8 Å². The number of nitrogens with zero attached hydrogens (tertiary/aromatic N) is 7. The number of hydrogen-bond acceptors (Lipinski definition) is 13. The predicted molar refractivity (Wildman–Crippen MR) is 281 cm³/mol. The van der Waals surface area contributed by atoms with Gasteiger partial charge in [-0.15, -0.1) is 0 Å². The second-order valence-electron chi connectivity index (χ2n) is 19.2. The summed E-state index contributed by atoms with van der Waals surface area (Å²) in [6, 6.07) is 16.5. The lowest BCUT2D eigenvalue weighted by Gasteiger charge is -2.40. The molecule has 8 aromatic rings. The summed E-state index contributed by atoms with van der Waals surface area (Å²) in [5.41, 5.74) is 5.35. The Bertz CT molecular complexity index is 3540. The van der Waals surface area contributed by atoms with Gasteiger partial charge in [0.2, 0.25) is 11.6 Å². The van der Waals surface area contributed by atoms with E-state index < -0.39 is 35.0 Å². The topological polar surface area (TPSA) is 203 Å². The molecule has 5 N–H and O–H groups in total. The van der Waals surface area contributed by atoms with Crippen LogP contribution in [-0.4, -0.2) is 110 Å². The van der Waals surface area contributed by atoms with Crippen LogP contribution in [-0.2, 0) is 17.6 Å². The summed E-state index contributed by atoms with van der Waals surface area (Å²) in [7, 11) is 2.55. The van der Waals surface area contributed by atoms with Gasteiger partial charge in [0.25, 0.3) is 11.8 Å². The van der Waals surface area contributed by atoms with Crippen LogP contribution in [0.1, 0.15) is 66.5 Å². The maximum Gasteiger partial charge on any atom is 0.410 e. The van der Waals surface area contributed by atoms with Crippen molar-refractivity contribution in [3.63, 3.8) is 0 Å². The number of carbonyl (C=O) groups is 3. The summed E-state index contributed by atoms with van der Waals surface area (Å²) < 4.78 is 76.5. The van der Waals surface area contributed by atoms with Crippen molar-refractivity contribution in [2.45, 2.75) is 65.1 Å². The molecule has 0 aliphatic carbocycles. The molecule has 0 atom stereocenters. The third-order valence-corrected chi connectivity index (χ3v) is 12.9. The molecule has 2 saturated heterocycles. The Balaban J connectivity index is 0.000000191. The second-order valence-corrected chi connectivity index (χ2v) is 19.2. The number of rotatable bonds is 14. The van der Waals surface area contributed by atoms with E-state index in [4.69, 9.17) is 14.2 Å². The molecule has 2 aliphatic rings. The molecule has 77 heavy (non-hydrogen) atoms. The molecule has 4 aromatic heterocycles. The van der Waals surface area contributed by atoms with Gasteiger partial charge in [-0.25, -0.2) is 33.5 Å². The van der Waals surface area contributed by atoms with Crippen LogP contribution in [0, 0.1) is 23.3 Å². The number of amides is 3. The monoisotopic (exact) mass is 1060 g/mol. The van der Waals surface area contributed by atoms with Gasteiger partial charge in [0.15, 0.2) is 46.1 Å². The summed E-state index contributed by atoms with van der Waals surface area (Å²) in [5.74, 6) is -4.03. The summed E-state index contributed by atoms with van der Waals surface area (Å²) >= 11 is 0. The van der Waals surface area contributed by atoms with Crippen molar-refractivity contribution in [1.29, 1.82) is 0 Å². The van der Waals surface area contributed by atoms with Gasteiger partial charge in [0.05, 0.1) is 50.1 Å². The average Bonchev–Trinajstić information content (AvgIpc) is 4.09. The fourth-order valence-electron chi connectivity index (χ4n) is 8.79. The van der Waals surface area contributed by atoms with E-state index in [1.807, 2.05) is 46.8 Å². The van der Waals surface area contributed by atoms with E-state index in [2.05, 4.69) is 46.5 Å². The molecule has 0 radical (unpaired) electrons. The van der Waals surface area contributed by atoms with Crippen molar-refractivity contribution in [2.75, 3.05) is 51.0 Å². The Kier molecular flexibility index (Phi) is 15.3. The number of anilines is 4. The highest BCUT2D eigenvalue weighted by Gasteiger charge is 2.35. The summed E-state index contributed by atoms with van der Waals surface area (Å²) in [5, 5.41) is 15.6. The molecule has 6 heterocycles. The number of fused-ring (bicyclic) bond motifs is 2. The number of imidazole rings is 2. The molecule has 400 valence electrons. The molecule has 3 amide bonds. The van der Waals surface area contributed by atoms with Crippen LogP contribution in [0.25, 0.3) is 33.8 Å². The molecule has 10 rings (SSSR count). The Hall–Kier alpha value is -8.79. The van der Waals surface area contributed by atoms with Crippen molar-refractivity contribution in [3.8, 4) is 34.0 Å². The van der Waals surface area contributed by atoms with Gasteiger partial charge in [0, 0.05) is 84.6 Å². The van der Waals surface area contributed by atoms with Crippen LogP contribution in [0.15, 0.2) is 97.8 Å². The molecular weight excluding hydrogens is 1000 g/mol. The van der Waals surface area contributed by atoms with Gasteiger partial charge in [-0.2, -0.15) is 8.78 Å². The van der Waals surface area contributed by atoms with Gasteiger partial charge < -0.3 is 45.7 Å². The third kappa shape index (κ3) is 11.1. The molecular formula is C55H56F4N12O6. The van der Waals surface area contributed by atoms with Crippen LogP contribution in [0.2, 0.25) is 0 Å². The standard InChI is InChI=1S/C30H32F2N6O4.C25H24F2N6O2/c1-6-17-13-18(7-8-20(17)28(39)36-19-15-37(16-19)29(40)42-30(2,3)4)35-26-27-34-14-22(38(27)12-11-33-26)21-9-10-23(41-5)25(32)24(21)31;1-3-14-10-15(4-5-17(14)25(34)32-16-11-28-12-16)31-23-24-30-13-19(33(24)9-8-29-23)18-6-7-20(35-2)22(27)21(18)26/h7-14,19H,6,15-16H2,1-5H3,(H,33,35)(H,36,39);4-10,13,16,28H,3,11-12H2,1-2H3,(H,29,31)(H,32,34). The number of likely N-dealkylation sites (tertiary alicyclic amines) is 1. The number of aromatic nitrogens is 6. The molecule has 4 aromatic carbocycles. The van der Waals surface area contributed by atoms with Crippen molar-refractivity contribution in [3.05, 3.63) is 143 Å². The summed E-state index contributed by atoms with van der Waals surface area (Å²) in [4.78, 5) is 57.0. The van der Waals surface area contributed by atoms with Crippen LogP contribution in [0.5, 0.6) is 11.5 Å². The fourth-order valence-corrected chi connectivity index (χ4v) is 8.79. The van der Waals surface area contributed by atoms with E-state index in [9.17, 15) is 31.9 Å². The highest BCUT2D eigenvalue weighted by molar-refractivity contribution is 5.97. The predicted octanol–water partition coefficient (Wildman–Crippen LogP) is 9.03. The lowest BCUT2D eigenvalue weighted by molar-refractivity contribution is 0.00531. The Morgan fingerprint density at radius 1 is 0.636 bits per heavy atom. The number of halogens is 4. The number of ether oxygens (including phenoxy) is 3. The van der Waals surface area contributed by atoms with Gasteiger partial charge in [-0.3, -0.25) is 18.4 Å². The molecule has 0 saturated carbocycles. The van der Waals surface area contributed by atoms with E-state index in [1.165, 1.54) is 57.1 Å². The van der Waals surface area contributed by atoms with Crippen LogP contribution >= 0.6 is 0 Å². The zero-order chi connectivity index (χ0) is 54.7. The van der Waals surface area contributed by atoms with Crippen molar-refractivity contribution in [2.24, 2.45) is 0 Å². The van der Waals surface area contributed by atoms with E-state index in [0.29, 0.717) is 77.1 Å². The molecule has 2 fully saturated rings. The first kappa shape index (κ1) is 53.1. The first-order valence-electron chi connectivity index (χ1n) is 24.8. The number of carbonyl (C=O) groups excluding carboxylic acids is 3. The van der Waals surface area contributed by atoms with Gasteiger partial charge in [0.1, 0.15) is 5.60 Å². The Labute approximate surface area is 440 Å². The first-order valence-corrected chi connectivity index (χ1v) is 24.8. The molecule has 0 spiro atoms. The number of aryl methyl sites for hydroxylation is 2. The zero-order valence-electron chi connectivity index (χ0n) is 43.2. The normalized spacial score (nSPS) is 13.5. The van der Waals surface area contributed by atoms with Crippen LogP contribution < -0.4 is 36.1 Å². The van der Waals surface area contributed by atoms with E-state index in [1.54, 1.807) is 56.6 Å². The van der Waals surface area contributed by atoms with Crippen molar-refractivity contribution < 1.29 is 46.2 Å². The number of methoxy groups -OCH3 is 2. The lowest BCUT2D eigenvalue weighted by atomic mass is 10.0. The minimum atomic E-state index is -1.08. The average molecular weight is 1060 g/mol.